The lowest BCUT2D eigenvalue weighted by Crippen LogP contribution is -2.10. The second-order valence-electron chi connectivity index (χ2n) is 4.33. The molecule has 0 saturated carbocycles. The molecule has 0 heterocycles. The number of sulfonamides is 1. The van der Waals surface area contributed by atoms with Crippen LogP contribution < -0.4 is 4.72 Å². The zero-order valence-electron chi connectivity index (χ0n) is 10.9. The predicted molar refractivity (Wildman–Crippen MR) is 81.8 cm³/mol. The van der Waals surface area contributed by atoms with Crippen molar-refractivity contribution < 1.29 is 16.8 Å². The van der Waals surface area contributed by atoms with Crippen molar-refractivity contribution in [3.8, 4) is 0 Å². The van der Waals surface area contributed by atoms with E-state index in [0.29, 0.717) is 0 Å². The first-order chi connectivity index (χ1) is 9.70. The van der Waals surface area contributed by atoms with Gasteiger partial charge in [-0.1, -0.05) is 29.8 Å². The molecule has 21 heavy (non-hydrogen) atoms. The smallest absolute Gasteiger partial charge is 0.229 e. The van der Waals surface area contributed by atoms with Gasteiger partial charge in [0.25, 0.3) is 0 Å². The molecule has 112 valence electrons. The largest absolute Gasteiger partial charge is 0.282 e. The number of halogens is 1. The number of nitrogens with one attached hydrogen (secondary N) is 1. The maximum absolute atomic E-state index is 12.4. The minimum Gasteiger partial charge on any atom is -0.282 e. The SMILES string of the molecule is CS(=O)(=O)Nc1ccc(S(=O)(=O)c2ccccc2)cc1Cl. The number of rotatable bonds is 4. The number of benzene rings is 2. The lowest BCUT2D eigenvalue weighted by atomic mass is 10.3. The summed E-state index contributed by atoms with van der Waals surface area (Å²) in [4.78, 5) is 0.141. The molecule has 0 aromatic heterocycles. The van der Waals surface area contributed by atoms with Gasteiger partial charge >= 0.3 is 0 Å². The van der Waals surface area contributed by atoms with Crippen LogP contribution in [0.2, 0.25) is 5.02 Å². The van der Waals surface area contributed by atoms with Gasteiger partial charge in [0.05, 0.1) is 26.8 Å². The molecule has 0 amide bonds. The Balaban J connectivity index is 2.46. The first-order valence-corrected chi connectivity index (χ1v) is 9.53. The zero-order chi connectivity index (χ0) is 15.7. The molecule has 0 aliphatic rings. The third-order valence-corrected chi connectivity index (χ3v) is 5.27. The van der Waals surface area contributed by atoms with Crippen LogP contribution in [0.3, 0.4) is 0 Å². The lowest BCUT2D eigenvalue weighted by Gasteiger charge is -2.09. The van der Waals surface area contributed by atoms with Crippen LogP contribution in [0.1, 0.15) is 0 Å². The molecule has 0 atom stereocenters. The van der Waals surface area contributed by atoms with Crippen molar-refractivity contribution in [2.45, 2.75) is 9.79 Å². The summed E-state index contributed by atoms with van der Waals surface area (Å²) < 4.78 is 49.3. The molecular weight excluding hydrogens is 334 g/mol. The van der Waals surface area contributed by atoms with Crippen molar-refractivity contribution in [2.75, 3.05) is 11.0 Å². The molecular formula is C13H12ClNO4S2. The van der Waals surface area contributed by atoms with Crippen LogP contribution in [0.5, 0.6) is 0 Å². The lowest BCUT2D eigenvalue weighted by molar-refractivity contribution is 0.596. The average molecular weight is 346 g/mol. The number of anilines is 1. The molecule has 0 unspecified atom stereocenters. The fourth-order valence-corrected chi connectivity index (χ4v) is 3.92. The molecule has 0 saturated heterocycles. The molecule has 2 rings (SSSR count). The molecule has 2 aromatic carbocycles. The Kier molecular flexibility index (Phi) is 4.27. The van der Waals surface area contributed by atoms with Crippen molar-refractivity contribution in [1.29, 1.82) is 0 Å². The predicted octanol–water partition coefficient (Wildman–Crippen LogP) is 2.54. The van der Waals surface area contributed by atoms with Crippen LogP contribution in [0.4, 0.5) is 5.69 Å². The minimum atomic E-state index is -3.68. The van der Waals surface area contributed by atoms with Crippen LogP contribution in [0, 0.1) is 0 Å². The highest BCUT2D eigenvalue weighted by Gasteiger charge is 2.19. The van der Waals surface area contributed by atoms with Gasteiger partial charge in [-0.25, -0.2) is 16.8 Å². The van der Waals surface area contributed by atoms with Crippen molar-refractivity contribution in [3.05, 3.63) is 53.6 Å². The van der Waals surface area contributed by atoms with E-state index in [1.165, 1.54) is 30.3 Å². The summed E-state index contributed by atoms with van der Waals surface area (Å²) in [5.41, 5.74) is 0.131. The van der Waals surface area contributed by atoms with Gasteiger partial charge in [-0.15, -0.1) is 0 Å². The van der Waals surface area contributed by atoms with Crippen molar-refractivity contribution in [3.63, 3.8) is 0 Å². The summed E-state index contributed by atoms with van der Waals surface area (Å²) in [6.45, 7) is 0. The van der Waals surface area contributed by atoms with E-state index in [1.807, 2.05) is 0 Å². The van der Waals surface area contributed by atoms with Crippen molar-refractivity contribution >= 4 is 37.1 Å². The van der Waals surface area contributed by atoms with Gasteiger partial charge in [0.15, 0.2) is 0 Å². The monoisotopic (exact) mass is 345 g/mol. The summed E-state index contributed by atoms with van der Waals surface area (Å²) >= 11 is 5.94. The minimum absolute atomic E-state index is 0.00208. The second-order valence-corrected chi connectivity index (χ2v) is 8.44. The summed E-state index contributed by atoms with van der Waals surface area (Å²) in [5.74, 6) is 0. The fraction of sp³-hybridized carbons (Fsp3) is 0.0769. The van der Waals surface area contributed by atoms with E-state index >= 15 is 0 Å². The molecule has 2 aromatic rings. The van der Waals surface area contributed by atoms with Crippen LogP contribution in [0.15, 0.2) is 58.3 Å². The second kappa shape index (κ2) is 5.67. The Bertz CT molecular complexity index is 862. The van der Waals surface area contributed by atoms with Crippen LogP contribution in [-0.4, -0.2) is 23.1 Å². The summed E-state index contributed by atoms with van der Waals surface area (Å²) in [6, 6.07) is 11.8. The first-order valence-electron chi connectivity index (χ1n) is 5.77. The first kappa shape index (κ1) is 15.8. The summed E-state index contributed by atoms with van der Waals surface area (Å²) in [5, 5.41) is 0.0115. The molecule has 0 radical (unpaired) electrons. The number of sulfone groups is 1. The van der Waals surface area contributed by atoms with Gasteiger partial charge in [0, 0.05) is 0 Å². The highest BCUT2D eigenvalue weighted by Crippen LogP contribution is 2.28. The third-order valence-electron chi connectivity index (χ3n) is 2.60. The van der Waals surface area contributed by atoms with E-state index in [2.05, 4.69) is 4.72 Å². The van der Waals surface area contributed by atoms with E-state index in [4.69, 9.17) is 11.6 Å². The maximum Gasteiger partial charge on any atom is 0.229 e. The topological polar surface area (TPSA) is 80.3 Å². The van der Waals surface area contributed by atoms with Gasteiger partial charge in [0.1, 0.15) is 0 Å². The Morgan fingerprint density at radius 2 is 1.52 bits per heavy atom. The quantitative estimate of drug-likeness (QED) is 0.923. The highest BCUT2D eigenvalue weighted by atomic mass is 35.5. The van der Waals surface area contributed by atoms with E-state index in [1.54, 1.807) is 18.2 Å². The Morgan fingerprint density at radius 3 is 2.05 bits per heavy atom. The number of hydrogen-bond acceptors (Lipinski definition) is 4. The third kappa shape index (κ3) is 3.75. The molecule has 0 fully saturated rings. The van der Waals surface area contributed by atoms with Gasteiger partial charge in [-0.3, -0.25) is 4.72 Å². The van der Waals surface area contributed by atoms with Gasteiger partial charge in [0.2, 0.25) is 19.9 Å². The van der Waals surface area contributed by atoms with Crippen LogP contribution in [0.25, 0.3) is 0 Å². The standard InChI is InChI=1S/C13H12ClNO4S2/c1-20(16,17)15-13-8-7-11(9-12(13)14)21(18,19)10-5-3-2-4-6-10/h2-9,15H,1H3. The zero-order valence-corrected chi connectivity index (χ0v) is 13.3. The molecule has 1 N–H and O–H groups in total. The molecule has 8 heteroatoms. The van der Waals surface area contributed by atoms with Gasteiger partial charge < -0.3 is 0 Å². The normalized spacial score (nSPS) is 12.1. The molecule has 0 aliphatic heterocycles. The Morgan fingerprint density at radius 1 is 0.905 bits per heavy atom. The van der Waals surface area contributed by atoms with Crippen molar-refractivity contribution in [2.24, 2.45) is 0 Å². The van der Waals surface area contributed by atoms with Crippen molar-refractivity contribution in [1.82, 2.24) is 0 Å². The van der Waals surface area contributed by atoms with E-state index < -0.39 is 19.9 Å². The van der Waals surface area contributed by atoms with E-state index in [0.717, 1.165) is 6.26 Å². The molecule has 5 nitrogen and oxygen atoms in total. The Hall–Kier alpha value is -1.57. The average Bonchev–Trinajstić information content (AvgIpc) is 2.40. The van der Waals surface area contributed by atoms with E-state index in [9.17, 15) is 16.8 Å². The fourth-order valence-electron chi connectivity index (χ4n) is 1.68. The van der Waals surface area contributed by atoms with Gasteiger partial charge in [-0.2, -0.15) is 0 Å². The van der Waals surface area contributed by atoms with Crippen LogP contribution >= 0.6 is 11.6 Å². The van der Waals surface area contributed by atoms with Gasteiger partial charge in [-0.05, 0) is 30.3 Å². The highest BCUT2D eigenvalue weighted by molar-refractivity contribution is 7.92. The molecule has 0 aliphatic carbocycles. The van der Waals surface area contributed by atoms with E-state index in [-0.39, 0.29) is 20.5 Å². The summed E-state index contributed by atoms with van der Waals surface area (Å²) in [7, 11) is -7.17. The summed E-state index contributed by atoms with van der Waals surface area (Å²) in [6.07, 6.45) is 0.984. The molecule has 0 bridgehead atoms. The maximum atomic E-state index is 12.4. The number of hydrogen-bond donors (Lipinski definition) is 1. The Labute approximate surface area is 128 Å². The molecule has 0 spiro atoms. The van der Waals surface area contributed by atoms with Crippen LogP contribution in [-0.2, 0) is 19.9 Å².